The monoisotopic (exact) mass is 356 g/mol. The summed E-state index contributed by atoms with van der Waals surface area (Å²) >= 11 is 0. The topological polar surface area (TPSA) is 0 Å². The van der Waals surface area contributed by atoms with E-state index in [1.165, 1.54) is 43.8 Å². The van der Waals surface area contributed by atoms with E-state index in [4.69, 9.17) is 0 Å². The van der Waals surface area contributed by atoms with Crippen LogP contribution in [0.3, 0.4) is 0 Å². The lowest BCUT2D eigenvalue weighted by molar-refractivity contribution is 1.62. The van der Waals surface area contributed by atoms with Crippen LogP contribution in [0.4, 0.5) is 0 Å². The molecule has 28 heavy (non-hydrogen) atoms. The van der Waals surface area contributed by atoms with Gasteiger partial charge in [-0.15, -0.1) is 0 Å². The summed E-state index contributed by atoms with van der Waals surface area (Å²) in [6.45, 7) is 0. The van der Waals surface area contributed by atoms with Gasteiger partial charge in [0.15, 0.2) is 0 Å². The predicted octanol–water partition coefficient (Wildman–Crippen LogP) is 7.83. The van der Waals surface area contributed by atoms with Gasteiger partial charge < -0.3 is 0 Å². The molecule has 0 saturated carbocycles. The lowest BCUT2D eigenvalue weighted by atomic mass is 9.92. The summed E-state index contributed by atoms with van der Waals surface area (Å²) in [7, 11) is 0. The van der Waals surface area contributed by atoms with Gasteiger partial charge in [0.1, 0.15) is 0 Å². The Morgan fingerprint density at radius 3 is 2.04 bits per heavy atom. The van der Waals surface area contributed by atoms with Gasteiger partial charge in [-0.05, 0) is 43.8 Å². The average Bonchev–Trinajstić information content (AvgIpc) is 2.78. The SMILES string of the molecule is C(=Cc1ccccc1-c1cccc2c1ccc1ccccc12)c1ccccc1. The molecule has 5 rings (SSSR count). The highest BCUT2D eigenvalue weighted by Gasteiger charge is 2.08. The molecule has 0 aromatic heterocycles. The van der Waals surface area contributed by atoms with Crippen molar-refractivity contribution in [3.63, 3.8) is 0 Å². The molecule has 0 spiro atoms. The molecule has 0 bridgehead atoms. The van der Waals surface area contributed by atoms with Gasteiger partial charge in [0.25, 0.3) is 0 Å². The molecule has 0 unspecified atom stereocenters. The molecule has 0 amide bonds. The van der Waals surface area contributed by atoms with Crippen LogP contribution < -0.4 is 0 Å². The van der Waals surface area contributed by atoms with Crippen LogP contribution in [0, 0.1) is 0 Å². The molecule has 0 nitrogen and oxygen atoms in total. The van der Waals surface area contributed by atoms with Crippen molar-refractivity contribution in [2.45, 2.75) is 0 Å². The fraction of sp³-hybridized carbons (Fsp3) is 0. The zero-order chi connectivity index (χ0) is 18.8. The van der Waals surface area contributed by atoms with Crippen molar-refractivity contribution in [2.24, 2.45) is 0 Å². The first kappa shape index (κ1) is 16.5. The van der Waals surface area contributed by atoms with Crippen LogP contribution in [0.1, 0.15) is 11.1 Å². The predicted molar refractivity (Wildman–Crippen MR) is 122 cm³/mol. The third-order valence-corrected chi connectivity index (χ3v) is 5.29. The smallest absolute Gasteiger partial charge is 0.00987 e. The van der Waals surface area contributed by atoms with E-state index >= 15 is 0 Å². The molecule has 0 N–H and O–H groups in total. The van der Waals surface area contributed by atoms with Crippen molar-refractivity contribution in [2.75, 3.05) is 0 Å². The van der Waals surface area contributed by atoms with E-state index in [2.05, 4.69) is 115 Å². The Morgan fingerprint density at radius 1 is 0.393 bits per heavy atom. The van der Waals surface area contributed by atoms with Crippen LogP contribution in [0.2, 0.25) is 0 Å². The van der Waals surface area contributed by atoms with Crippen LogP contribution >= 0.6 is 0 Å². The van der Waals surface area contributed by atoms with Crippen LogP contribution in [0.15, 0.2) is 109 Å². The highest BCUT2D eigenvalue weighted by molar-refractivity contribution is 6.12. The maximum Gasteiger partial charge on any atom is -0.00987 e. The largest absolute Gasteiger partial charge is 0.0622 e. The lowest BCUT2D eigenvalue weighted by Gasteiger charge is -2.12. The Kier molecular flexibility index (Phi) is 4.23. The number of fused-ring (bicyclic) bond motifs is 3. The van der Waals surface area contributed by atoms with E-state index in [9.17, 15) is 0 Å². The van der Waals surface area contributed by atoms with Gasteiger partial charge in [-0.2, -0.15) is 0 Å². The second-order valence-electron chi connectivity index (χ2n) is 7.02. The summed E-state index contributed by atoms with van der Waals surface area (Å²) in [5.41, 5.74) is 4.97. The van der Waals surface area contributed by atoms with Gasteiger partial charge in [0, 0.05) is 0 Å². The molecule has 5 aromatic carbocycles. The fourth-order valence-electron chi connectivity index (χ4n) is 3.91. The lowest BCUT2D eigenvalue weighted by Crippen LogP contribution is -1.86. The van der Waals surface area contributed by atoms with E-state index in [1.807, 2.05) is 6.07 Å². The Bertz CT molecular complexity index is 1290. The quantitative estimate of drug-likeness (QED) is 0.228. The highest BCUT2D eigenvalue weighted by atomic mass is 14.1. The van der Waals surface area contributed by atoms with Gasteiger partial charge >= 0.3 is 0 Å². The first-order valence-corrected chi connectivity index (χ1v) is 9.63. The molecule has 0 heterocycles. The molecule has 0 fully saturated rings. The zero-order valence-electron chi connectivity index (χ0n) is 15.5. The Balaban J connectivity index is 1.69. The van der Waals surface area contributed by atoms with Crippen molar-refractivity contribution >= 4 is 33.7 Å². The summed E-state index contributed by atoms with van der Waals surface area (Å²) in [5.74, 6) is 0. The van der Waals surface area contributed by atoms with Gasteiger partial charge in [0.05, 0.1) is 0 Å². The van der Waals surface area contributed by atoms with Crippen molar-refractivity contribution < 1.29 is 0 Å². The summed E-state index contributed by atoms with van der Waals surface area (Å²) in [6.07, 6.45) is 4.39. The minimum atomic E-state index is 1.21. The van der Waals surface area contributed by atoms with Crippen LogP contribution in [0.5, 0.6) is 0 Å². The molecule has 0 aliphatic rings. The molecule has 0 atom stereocenters. The van der Waals surface area contributed by atoms with E-state index in [0.717, 1.165) is 0 Å². The van der Waals surface area contributed by atoms with Crippen molar-refractivity contribution in [1.82, 2.24) is 0 Å². The number of rotatable bonds is 3. The Morgan fingerprint density at radius 2 is 1.11 bits per heavy atom. The van der Waals surface area contributed by atoms with E-state index < -0.39 is 0 Å². The molecule has 0 aliphatic carbocycles. The fourth-order valence-corrected chi connectivity index (χ4v) is 3.91. The molecular formula is C28H20. The second kappa shape index (κ2) is 7.17. The van der Waals surface area contributed by atoms with Crippen LogP contribution in [0.25, 0.3) is 44.8 Å². The number of hydrogen-bond donors (Lipinski definition) is 0. The van der Waals surface area contributed by atoms with Crippen LogP contribution in [-0.2, 0) is 0 Å². The highest BCUT2D eigenvalue weighted by Crippen LogP contribution is 2.35. The standard InChI is InChI=1S/C28H20/c1-2-9-21(10-3-1)17-18-22-11-4-6-13-24(22)26-15-8-16-27-25-14-7-5-12-23(25)19-20-28(26)27/h1-20H. The minimum absolute atomic E-state index is 1.21. The van der Waals surface area contributed by atoms with Gasteiger partial charge in [-0.1, -0.05) is 121 Å². The average molecular weight is 356 g/mol. The van der Waals surface area contributed by atoms with Crippen molar-refractivity contribution in [3.05, 3.63) is 120 Å². The molecule has 0 heteroatoms. The second-order valence-corrected chi connectivity index (χ2v) is 7.02. The van der Waals surface area contributed by atoms with Gasteiger partial charge in [0.2, 0.25) is 0 Å². The van der Waals surface area contributed by atoms with E-state index in [-0.39, 0.29) is 0 Å². The third kappa shape index (κ3) is 3.00. The van der Waals surface area contributed by atoms with E-state index in [1.54, 1.807) is 0 Å². The normalized spacial score (nSPS) is 11.4. The molecule has 0 aliphatic heterocycles. The number of hydrogen-bond acceptors (Lipinski definition) is 0. The summed E-state index contributed by atoms with van der Waals surface area (Å²) < 4.78 is 0. The van der Waals surface area contributed by atoms with Crippen LogP contribution in [-0.4, -0.2) is 0 Å². The molecule has 132 valence electrons. The first-order chi connectivity index (χ1) is 13.9. The Hall–Kier alpha value is -3.64. The molecule has 5 aromatic rings. The zero-order valence-corrected chi connectivity index (χ0v) is 15.5. The van der Waals surface area contributed by atoms with Crippen molar-refractivity contribution in [3.8, 4) is 11.1 Å². The number of benzene rings is 5. The maximum absolute atomic E-state index is 2.25. The Labute approximate surface area is 165 Å². The summed E-state index contributed by atoms with van der Waals surface area (Å²) in [6, 6.07) is 38.8. The summed E-state index contributed by atoms with van der Waals surface area (Å²) in [5, 5.41) is 5.18. The molecular weight excluding hydrogens is 336 g/mol. The third-order valence-electron chi connectivity index (χ3n) is 5.29. The van der Waals surface area contributed by atoms with Gasteiger partial charge in [-0.3, -0.25) is 0 Å². The van der Waals surface area contributed by atoms with Crippen molar-refractivity contribution in [1.29, 1.82) is 0 Å². The maximum atomic E-state index is 2.25. The first-order valence-electron chi connectivity index (χ1n) is 9.63. The van der Waals surface area contributed by atoms with E-state index in [0.29, 0.717) is 0 Å². The molecule has 0 radical (unpaired) electrons. The minimum Gasteiger partial charge on any atom is -0.0622 e. The molecule has 0 saturated heterocycles. The summed E-state index contributed by atoms with van der Waals surface area (Å²) in [4.78, 5) is 0. The van der Waals surface area contributed by atoms with Gasteiger partial charge in [-0.25, -0.2) is 0 Å².